The van der Waals surface area contributed by atoms with Crippen LogP contribution < -0.4 is 19.6 Å². The Balaban J connectivity index is 1.79. The molecule has 0 aliphatic carbocycles. The van der Waals surface area contributed by atoms with Gasteiger partial charge in [-0.15, -0.1) is 0 Å². The van der Waals surface area contributed by atoms with E-state index in [0.717, 1.165) is 11.0 Å². The molecule has 2 heterocycles. The van der Waals surface area contributed by atoms with Gasteiger partial charge in [0.15, 0.2) is 23.1 Å². The first-order valence-corrected chi connectivity index (χ1v) is 10.3. The second-order valence-electron chi connectivity index (χ2n) is 6.26. The standard InChI is InChI=1S/C21H17ClN2O5S/c1-3-28-16-9-12(8-13(22)19(16)29-11-18(25)27-2)10-17-20(26)24-15-7-5-4-6-14(15)23-21(24)30-17/h4-10H,3,11H2,1-2H3/b17-10+. The first-order chi connectivity index (χ1) is 14.5. The normalized spacial score (nSPS) is 11.9. The molecule has 0 spiro atoms. The predicted octanol–water partition coefficient (Wildman–Crippen LogP) is 3.06. The van der Waals surface area contributed by atoms with Crippen molar-refractivity contribution in [3.8, 4) is 11.5 Å². The topological polar surface area (TPSA) is 79.1 Å². The molecule has 0 saturated heterocycles. The summed E-state index contributed by atoms with van der Waals surface area (Å²) in [5, 5.41) is 0.260. The summed E-state index contributed by atoms with van der Waals surface area (Å²) in [5.41, 5.74) is 2.07. The number of imidazole rings is 1. The van der Waals surface area contributed by atoms with Crippen LogP contribution in [0.25, 0.3) is 22.1 Å². The highest BCUT2D eigenvalue weighted by Gasteiger charge is 2.15. The molecule has 0 atom stereocenters. The SMILES string of the molecule is CCOc1cc(/C=c2/sc3nc4ccccc4n3c2=O)cc(Cl)c1OCC(=O)OC. The van der Waals surface area contributed by atoms with Crippen LogP contribution in [0.4, 0.5) is 0 Å². The number of ether oxygens (including phenoxy) is 3. The molecular formula is C21H17ClN2O5S. The lowest BCUT2D eigenvalue weighted by molar-refractivity contribution is -0.142. The first kappa shape index (κ1) is 20.2. The number of hydrogen-bond acceptors (Lipinski definition) is 7. The summed E-state index contributed by atoms with van der Waals surface area (Å²) in [4.78, 5) is 29.5. The van der Waals surface area contributed by atoms with Gasteiger partial charge in [-0.25, -0.2) is 14.2 Å². The third-order valence-corrected chi connectivity index (χ3v) is 5.59. The van der Waals surface area contributed by atoms with Crippen molar-refractivity contribution in [2.75, 3.05) is 20.3 Å². The van der Waals surface area contributed by atoms with Gasteiger partial charge in [-0.1, -0.05) is 35.1 Å². The van der Waals surface area contributed by atoms with Gasteiger partial charge in [-0.3, -0.25) is 4.79 Å². The van der Waals surface area contributed by atoms with Crippen molar-refractivity contribution >= 4 is 51.0 Å². The van der Waals surface area contributed by atoms with E-state index in [1.165, 1.54) is 18.4 Å². The lowest BCUT2D eigenvalue weighted by Gasteiger charge is -2.13. The van der Waals surface area contributed by atoms with Crippen molar-refractivity contribution in [2.45, 2.75) is 6.92 Å². The zero-order valence-corrected chi connectivity index (χ0v) is 17.7. The molecule has 0 aliphatic heterocycles. The second kappa shape index (κ2) is 8.33. The minimum Gasteiger partial charge on any atom is -0.490 e. The Morgan fingerprint density at radius 1 is 1.27 bits per heavy atom. The van der Waals surface area contributed by atoms with Crippen molar-refractivity contribution in [1.29, 1.82) is 0 Å². The van der Waals surface area contributed by atoms with Crippen molar-refractivity contribution in [3.05, 3.63) is 61.9 Å². The van der Waals surface area contributed by atoms with E-state index in [4.69, 9.17) is 21.1 Å². The Labute approximate surface area is 180 Å². The highest BCUT2D eigenvalue weighted by Crippen LogP contribution is 2.37. The molecule has 0 aliphatic rings. The van der Waals surface area contributed by atoms with Gasteiger partial charge in [-0.05, 0) is 42.8 Å². The third-order valence-electron chi connectivity index (χ3n) is 4.34. The number of para-hydroxylation sites is 2. The van der Waals surface area contributed by atoms with Crippen LogP contribution in [-0.2, 0) is 9.53 Å². The molecule has 30 heavy (non-hydrogen) atoms. The van der Waals surface area contributed by atoms with Crippen LogP contribution in [0.3, 0.4) is 0 Å². The van der Waals surface area contributed by atoms with E-state index < -0.39 is 5.97 Å². The molecule has 0 amide bonds. The number of carbonyl (C=O) groups excluding carboxylic acids is 1. The number of carbonyl (C=O) groups is 1. The number of esters is 1. The average molecular weight is 445 g/mol. The number of hydrogen-bond donors (Lipinski definition) is 0. The molecular weight excluding hydrogens is 428 g/mol. The molecule has 4 rings (SSSR count). The Morgan fingerprint density at radius 2 is 2.07 bits per heavy atom. The maximum atomic E-state index is 12.9. The fraction of sp³-hybridized carbons (Fsp3) is 0.190. The molecule has 9 heteroatoms. The number of fused-ring (bicyclic) bond motifs is 3. The minimum atomic E-state index is -0.533. The average Bonchev–Trinajstić information content (AvgIpc) is 3.23. The Morgan fingerprint density at radius 3 is 2.83 bits per heavy atom. The number of aromatic nitrogens is 2. The van der Waals surface area contributed by atoms with Gasteiger partial charge in [0.1, 0.15) is 0 Å². The van der Waals surface area contributed by atoms with Crippen LogP contribution in [0.5, 0.6) is 11.5 Å². The molecule has 0 unspecified atom stereocenters. The molecule has 0 radical (unpaired) electrons. The number of thiazole rings is 1. The maximum absolute atomic E-state index is 12.9. The van der Waals surface area contributed by atoms with Gasteiger partial charge in [0.05, 0.1) is 34.3 Å². The number of rotatable bonds is 6. The van der Waals surface area contributed by atoms with Gasteiger partial charge >= 0.3 is 5.97 Å². The maximum Gasteiger partial charge on any atom is 0.343 e. The number of benzene rings is 2. The Kier molecular flexibility index (Phi) is 5.61. The fourth-order valence-electron chi connectivity index (χ4n) is 3.03. The van der Waals surface area contributed by atoms with Crippen molar-refractivity contribution in [2.24, 2.45) is 0 Å². The van der Waals surface area contributed by atoms with Gasteiger partial charge in [-0.2, -0.15) is 0 Å². The summed E-state index contributed by atoms with van der Waals surface area (Å²) >= 11 is 7.67. The largest absolute Gasteiger partial charge is 0.490 e. The molecule has 0 fully saturated rings. The Hall–Kier alpha value is -3.10. The summed E-state index contributed by atoms with van der Waals surface area (Å²) in [6.07, 6.45) is 1.73. The fourth-order valence-corrected chi connectivity index (χ4v) is 4.29. The van der Waals surface area contributed by atoms with Crippen LogP contribution in [0.2, 0.25) is 5.02 Å². The van der Waals surface area contributed by atoms with Crippen molar-refractivity contribution in [1.82, 2.24) is 9.38 Å². The smallest absolute Gasteiger partial charge is 0.343 e. The molecule has 0 bridgehead atoms. The third kappa shape index (κ3) is 3.71. The van der Waals surface area contributed by atoms with Crippen LogP contribution in [-0.4, -0.2) is 35.7 Å². The lowest BCUT2D eigenvalue weighted by Crippen LogP contribution is -2.22. The second-order valence-corrected chi connectivity index (χ2v) is 7.68. The van der Waals surface area contributed by atoms with E-state index in [1.54, 1.807) is 22.6 Å². The van der Waals surface area contributed by atoms with Crippen molar-refractivity contribution in [3.63, 3.8) is 0 Å². The minimum absolute atomic E-state index is 0.149. The van der Waals surface area contributed by atoms with E-state index in [2.05, 4.69) is 9.72 Å². The highest BCUT2D eigenvalue weighted by molar-refractivity contribution is 7.15. The summed E-state index contributed by atoms with van der Waals surface area (Å²) in [6.45, 7) is 1.91. The number of nitrogens with zero attached hydrogens (tertiary/aromatic N) is 2. The summed E-state index contributed by atoms with van der Waals surface area (Å²) < 4.78 is 17.8. The molecule has 2 aromatic heterocycles. The van der Waals surface area contributed by atoms with Crippen molar-refractivity contribution < 1.29 is 19.0 Å². The lowest BCUT2D eigenvalue weighted by atomic mass is 10.2. The van der Waals surface area contributed by atoms with Gasteiger partial charge in [0.2, 0.25) is 0 Å². The van der Waals surface area contributed by atoms with Gasteiger partial charge in [0.25, 0.3) is 5.56 Å². The van der Waals surface area contributed by atoms with Crippen LogP contribution in [0, 0.1) is 0 Å². The number of halogens is 1. The number of methoxy groups -OCH3 is 1. The van der Waals surface area contributed by atoms with Crippen LogP contribution in [0.1, 0.15) is 12.5 Å². The first-order valence-electron chi connectivity index (χ1n) is 9.09. The summed E-state index contributed by atoms with van der Waals surface area (Å²) in [7, 11) is 1.27. The highest BCUT2D eigenvalue weighted by atomic mass is 35.5. The molecule has 7 nitrogen and oxygen atoms in total. The molecule has 4 aromatic rings. The summed E-state index contributed by atoms with van der Waals surface area (Å²) in [6, 6.07) is 10.9. The van der Waals surface area contributed by atoms with Gasteiger partial charge in [0, 0.05) is 0 Å². The van der Waals surface area contributed by atoms with E-state index in [-0.39, 0.29) is 22.9 Å². The predicted molar refractivity (Wildman–Crippen MR) is 116 cm³/mol. The molecule has 0 N–H and O–H groups in total. The monoisotopic (exact) mass is 444 g/mol. The van der Waals surface area contributed by atoms with Crippen LogP contribution >= 0.6 is 22.9 Å². The Bertz CT molecular complexity index is 1360. The van der Waals surface area contributed by atoms with E-state index in [0.29, 0.717) is 27.4 Å². The molecule has 2 aromatic carbocycles. The van der Waals surface area contributed by atoms with E-state index in [9.17, 15) is 9.59 Å². The molecule has 154 valence electrons. The van der Waals surface area contributed by atoms with E-state index >= 15 is 0 Å². The molecule has 0 saturated carbocycles. The summed E-state index contributed by atoms with van der Waals surface area (Å²) in [5.74, 6) is 0.0871. The van der Waals surface area contributed by atoms with Gasteiger partial charge < -0.3 is 14.2 Å². The zero-order chi connectivity index (χ0) is 21.3. The van der Waals surface area contributed by atoms with E-state index in [1.807, 2.05) is 31.2 Å². The van der Waals surface area contributed by atoms with Crippen LogP contribution in [0.15, 0.2) is 41.2 Å². The quantitative estimate of drug-likeness (QED) is 0.425. The zero-order valence-electron chi connectivity index (χ0n) is 16.2.